The van der Waals surface area contributed by atoms with E-state index < -0.39 is 0 Å². The zero-order valence-corrected chi connectivity index (χ0v) is 16.1. The highest BCUT2D eigenvalue weighted by Crippen LogP contribution is 2.36. The van der Waals surface area contributed by atoms with Crippen LogP contribution in [-0.2, 0) is 0 Å². The predicted octanol–water partition coefficient (Wildman–Crippen LogP) is 5.37. The molecule has 1 atom stereocenters. The van der Waals surface area contributed by atoms with Crippen molar-refractivity contribution in [3.8, 4) is 0 Å². The maximum absolute atomic E-state index is 14.1. The summed E-state index contributed by atoms with van der Waals surface area (Å²) in [6, 6.07) is 12.2. The molecule has 3 nitrogen and oxygen atoms in total. The number of benzene rings is 2. The molecule has 0 spiro atoms. The molecule has 3 heterocycles. The van der Waals surface area contributed by atoms with E-state index in [4.69, 9.17) is 11.6 Å². The summed E-state index contributed by atoms with van der Waals surface area (Å²) in [7, 11) is 0. The first-order valence-corrected chi connectivity index (χ1v) is 10.0. The average Bonchev–Trinajstić information content (AvgIpc) is 3.31. The molecule has 0 N–H and O–H groups in total. The molecule has 28 heavy (non-hydrogen) atoms. The number of carbonyl (C=O) groups excluding carboxylic acids is 1. The highest BCUT2D eigenvalue weighted by Gasteiger charge is 2.29. The number of hydrogen-bond acceptors (Lipinski definition) is 2. The minimum Gasteiger partial charge on any atom is -0.296 e. The maximum atomic E-state index is 14.1. The van der Waals surface area contributed by atoms with Crippen LogP contribution in [-0.4, -0.2) is 34.5 Å². The number of carbonyl (C=O) groups is 1. The number of aromatic nitrogens is 1. The third-order valence-electron chi connectivity index (χ3n) is 5.96. The molecule has 0 amide bonds. The van der Waals surface area contributed by atoms with Crippen molar-refractivity contribution in [2.45, 2.75) is 25.3 Å². The molecule has 2 aromatic carbocycles. The smallest absolute Gasteiger partial charge is 0.263 e. The Morgan fingerprint density at radius 1 is 1.18 bits per heavy atom. The van der Waals surface area contributed by atoms with Gasteiger partial charge in [-0.05, 0) is 61.7 Å². The van der Waals surface area contributed by atoms with Crippen LogP contribution >= 0.6 is 11.6 Å². The Bertz CT molecular complexity index is 1120. The van der Waals surface area contributed by atoms with Crippen molar-refractivity contribution in [3.05, 3.63) is 76.7 Å². The number of fused-ring (bicyclic) bond motifs is 2. The van der Waals surface area contributed by atoms with Crippen LogP contribution in [0, 0.1) is 5.82 Å². The first-order chi connectivity index (χ1) is 13.6. The molecular weight excluding hydrogens is 375 g/mol. The normalized spacial score (nSPS) is 19.6. The molecule has 0 radical (unpaired) electrons. The van der Waals surface area contributed by atoms with Gasteiger partial charge < -0.3 is 0 Å². The third-order valence-corrected chi connectivity index (χ3v) is 6.29. The lowest BCUT2D eigenvalue weighted by Crippen LogP contribution is -2.32. The minimum absolute atomic E-state index is 0.202. The van der Waals surface area contributed by atoms with E-state index in [1.165, 1.54) is 30.5 Å². The second-order valence-electron chi connectivity index (χ2n) is 7.58. The van der Waals surface area contributed by atoms with Crippen LogP contribution in [0.2, 0.25) is 5.02 Å². The van der Waals surface area contributed by atoms with Crippen LogP contribution < -0.4 is 0 Å². The standard InChI is InChI=1S/C23H20ClFN2O/c24-21-6-2-1-5-18(21)23(28)27-14-20(19-13-16(25)7-8-22(19)27)15-9-11-26-10-3-4-17(26)12-15/h1-2,5-9,13-14,17H,3-4,10-12H2/t17-/m0/s1. The van der Waals surface area contributed by atoms with Crippen molar-refractivity contribution < 1.29 is 9.18 Å². The zero-order valence-electron chi connectivity index (χ0n) is 15.4. The largest absolute Gasteiger partial charge is 0.296 e. The molecule has 0 bridgehead atoms. The van der Waals surface area contributed by atoms with Crippen LogP contribution in [0.4, 0.5) is 4.39 Å². The molecule has 3 aromatic rings. The molecule has 1 aromatic heterocycles. The van der Waals surface area contributed by atoms with Crippen LogP contribution in [0.15, 0.2) is 54.7 Å². The van der Waals surface area contributed by atoms with Crippen molar-refractivity contribution in [1.82, 2.24) is 9.47 Å². The third kappa shape index (κ3) is 2.88. The van der Waals surface area contributed by atoms with Gasteiger partial charge in [0.2, 0.25) is 0 Å². The summed E-state index contributed by atoms with van der Waals surface area (Å²) in [6.45, 7) is 2.07. The Morgan fingerprint density at radius 2 is 2.04 bits per heavy atom. The minimum atomic E-state index is -0.296. The van der Waals surface area contributed by atoms with Gasteiger partial charge in [0.15, 0.2) is 0 Å². The van der Waals surface area contributed by atoms with Gasteiger partial charge in [-0.2, -0.15) is 0 Å². The highest BCUT2D eigenvalue weighted by atomic mass is 35.5. The lowest BCUT2D eigenvalue weighted by Gasteiger charge is -2.29. The summed E-state index contributed by atoms with van der Waals surface area (Å²) in [5, 5.41) is 1.19. The van der Waals surface area contributed by atoms with Crippen molar-refractivity contribution in [3.63, 3.8) is 0 Å². The molecule has 5 rings (SSSR count). The molecule has 0 aliphatic carbocycles. The van der Waals surface area contributed by atoms with Crippen molar-refractivity contribution >= 4 is 34.0 Å². The van der Waals surface area contributed by atoms with E-state index in [-0.39, 0.29) is 11.7 Å². The zero-order chi connectivity index (χ0) is 19.3. The second-order valence-corrected chi connectivity index (χ2v) is 7.99. The summed E-state index contributed by atoms with van der Waals surface area (Å²) < 4.78 is 15.7. The molecule has 5 heteroatoms. The average molecular weight is 395 g/mol. The Labute approximate surface area is 168 Å². The molecule has 142 valence electrons. The van der Waals surface area contributed by atoms with Gasteiger partial charge in [-0.1, -0.05) is 29.8 Å². The highest BCUT2D eigenvalue weighted by molar-refractivity contribution is 6.34. The lowest BCUT2D eigenvalue weighted by atomic mass is 9.94. The fourth-order valence-electron chi connectivity index (χ4n) is 4.54. The van der Waals surface area contributed by atoms with Crippen molar-refractivity contribution in [2.75, 3.05) is 13.1 Å². The second kappa shape index (κ2) is 6.87. The van der Waals surface area contributed by atoms with Crippen LogP contribution in [0.5, 0.6) is 0 Å². The first kappa shape index (κ1) is 17.7. The van der Waals surface area contributed by atoms with E-state index in [1.807, 2.05) is 6.20 Å². The fourth-order valence-corrected chi connectivity index (χ4v) is 4.76. The molecule has 0 unspecified atom stereocenters. The van der Waals surface area contributed by atoms with Crippen molar-refractivity contribution in [1.29, 1.82) is 0 Å². The van der Waals surface area contributed by atoms with Gasteiger partial charge in [0.05, 0.1) is 16.1 Å². The summed E-state index contributed by atoms with van der Waals surface area (Å²) in [4.78, 5) is 15.7. The van der Waals surface area contributed by atoms with Crippen molar-refractivity contribution in [2.24, 2.45) is 0 Å². The van der Waals surface area contributed by atoms with Gasteiger partial charge in [0.25, 0.3) is 5.91 Å². The fraction of sp³-hybridized carbons (Fsp3) is 0.261. The number of hydrogen-bond donors (Lipinski definition) is 0. The van der Waals surface area contributed by atoms with Gasteiger partial charge in [0, 0.05) is 29.7 Å². The maximum Gasteiger partial charge on any atom is 0.263 e. The van der Waals surface area contributed by atoms with E-state index in [2.05, 4.69) is 11.0 Å². The van der Waals surface area contributed by atoms with E-state index in [1.54, 1.807) is 34.9 Å². The predicted molar refractivity (Wildman–Crippen MR) is 110 cm³/mol. The summed E-state index contributed by atoms with van der Waals surface area (Å²) >= 11 is 6.25. The van der Waals surface area contributed by atoms with E-state index >= 15 is 0 Å². The van der Waals surface area contributed by atoms with Gasteiger partial charge >= 0.3 is 0 Å². The topological polar surface area (TPSA) is 25.2 Å². The summed E-state index contributed by atoms with van der Waals surface area (Å²) in [5.74, 6) is -0.497. The van der Waals surface area contributed by atoms with Crippen LogP contribution in [0.3, 0.4) is 0 Å². The summed E-state index contributed by atoms with van der Waals surface area (Å²) in [5.41, 5.74) is 3.29. The van der Waals surface area contributed by atoms with E-state index in [0.29, 0.717) is 22.1 Å². The monoisotopic (exact) mass is 394 g/mol. The number of nitrogens with zero attached hydrogens (tertiary/aromatic N) is 2. The Kier molecular flexibility index (Phi) is 4.33. The molecule has 0 saturated carbocycles. The molecule has 1 fully saturated rings. The van der Waals surface area contributed by atoms with Gasteiger partial charge in [-0.3, -0.25) is 14.3 Å². The molecular formula is C23H20ClFN2O. The lowest BCUT2D eigenvalue weighted by molar-refractivity contribution is 0.0965. The number of rotatable bonds is 2. The van der Waals surface area contributed by atoms with Crippen LogP contribution in [0.25, 0.3) is 16.5 Å². The van der Waals surface area contributed by atoms with Gasteiger partial charge in [-0.15, -0.1) is 0 Å². The Balaban J connectivity index is 1.64. The SMILES string of the molecule is O=C(c1ccccc1Cl)n1cc(C2=CCN3CCC[C@H]3C2)c2cc(F)ccc21. The Morgan fingerprint density at radius 3 is 2.89 bits per heavy atom. The number of halogens is 2. The summed E-state index contributed by atoms with van der Waals surface area (Å²) in [6.07, 6.45) is 7.45. The van der Waals surface area contributed by atoms with Gasteiger partial charge in [-0.25, -0.2) is 4.39 Å². The van der Waals surface area contributed by atoms with E-state index in [9.17, 15) is 9.18 Å². The van der Waals surface area contributed by atoms with Gasteiger partial charge in [0.1, 0.15) is 5.82 Å². The first-order valence-electron chi connectivity index (χ1n) is 9.65. The molecule has 1 saturated heterocycles. The molecule has 2 aliphatic rings. The Hall–Kier alpha value is -2.43. The quantitative estimate of drug-likeness (QED) is 0.583. The molecule has 2 aliphatic heterocycles. The van der Waals surface area contributed by atoms with E-state index in [0.717, 1.165) is 30.5 Å². The van der Waals surface area contributed by atoms with Crippen LogP contribution in [0.1, 0.15) is 35.2 Å².